The summed E-state index contributed by atoms with van der Waals surface area (Å²) in [6.07, 6.45) is 4.73. The predicted octanol–water partition coefficient (Wildman–Crippen LogP) is 3.42. The van der Waals surface area contributed by atoms with Gasteiger partial charge in [-0.05, 0) is 24.1 Å². The second kappa shape index (κ2) is 4.37. The Hall–Kier alpha value is -2.16. The largest absolute Gasteiger partial charge is 0.449 e. The van der Waals surface area contributed by atoms with Gasteiger partial charge in [0.05, 0.1) is 6.26 Å². The maximum Gasteiger partial charge on any atom is 0.192 e. The highest BCUT2D eigenvalue weighted by molar-refractivity contribution is 5.83. The minimum atomic E-state index is 0.824. The van der Waals surface area contributed by atoms with Crippen molar-refractivity contribution in [3.8, 4) is 0 Å². The summed E-state index contributed by atoms with van der Waals surface area (Å²) in [5.74, 6) is 0.824. The summed E-state index contributed by atoms with van der Waals surface area (Å²) in [7, 11) is 0. The minimum Gasteiger partial charge on any atom is -0.449 e. The van der Waals surface area contributed by atoms with Crippen LogP contribution in [0.25, 0.3) is 10.9 Å². The maximum atomic E-state index is 5.22. The van der Waals surface area contributed by atoms with Crippen molar-refractivity contribution in [2.24, 2.45) is 0 Å². The summed E-state index contributed by atoms with van der Waals surface area (Å²) >= 11 is 0. The van der Waals surface area contributed by atoms with Crippen LogP contribution in [0.4, 0.5) is 5.88 Å². The van der Waals surface area contributed by atoms with Crippen LogP contribution in [-0.2, 0) is 6.42 Å². The minimum absolute atomic E-state index is 0.824. The average Bonchev–Trinajstić information content (AvgIpc) is 2.99. The first-order valence-corrected chi connectivity index (χ1v) is 5.76. The molecule has 2 N–H and O–H groups in total. The van der Waals surface area contributed by atoms with E-state index in [0.717, 1.165) is 18.8 Å². The Morgan fingerprint density at radius 3 is 2.94 bits per heavy atom. The van der Waals surface area contributed by atoms with Crippen molar-refractivity contribution in [1.82, 2.24) is 4.98 Å². The van der Waals surface area contributed by atoms with Crippen LogP contribution in [0, 0.1) is 0 Å². The standard InChI is InChI=1S/C14H14N2O/c1-2-5-13-12(4-1)11(10-16-13)7-8-15-14-6-3-9-17-14/h1-6,9-10,15-16H,7-8H2. The summed E-state index contributed by atoms with van der Waals surface area (Å²) < 4.78 is 5.22. The van der Waals surface area contributed by atoms with Crippen LogP contribution in [0.5, 0.6) is 0 Å². The lowest BCUT2D eigenvalue weighted by atomic mass is 10.1. The van der Waals surface area contributed by atoms with Gasteiger partial charge in [-0.1, -0.05) is 18.2 Å². The molecule has 2 aromatic heterocycles. The van der Waals surface area contributed by atoms with Gasteiger partial charge in [0.2, 0.25) is 0 Å². The van der Waals surface area contributed by atoms with E-state index in [2.05, 4.69) is 34.7 Å². The number of fused-ring (bicyclic) bond motifs is 1. The van der Waals surface area contributed by atoms with E-state index in [1.54, 1.807) is 6.26 Å². The van der Waals surface area contributed by atoms with Crippen molar-refractivity contribution < 1.29 is 4.42 Å². The molecule has 3 rings (SSSR count). The molecule has 0 aliphatic rings. The number of anilines is 1. The molecule has 0 radical (unpaired) electrons. The molecule has 0 aliphatic heterocycles. The van der Waals surface area contributed by atoms with Crippen LogP contribution in [0.1, 0.15) is 5.56 Å². The number of H-pyrrole nitrogens is 1. The number of aromatic amines is 1. The van der Waals surface area contributed by atoms with E-state index in [4.69, 9.17) is 4.42 Å². The van der Waals surface area contributed by atoms with E-state index in [-0.39, 0.29) is 0 Å². The third-order valence-corrected chi connectivity index (χ3v) is 2.89. The van der Waals surface area contributed by atoms with Crippen molar-refractivity contribution >= 4 is 16.8 Å². The molecule has 3 nitrogen and oxygen atoms in total. The monoisotopic (exact) mass is 226 g/mol. The quantitative estimate of drug-likeness (QED) is 0.715. The number of rotatable bonds is 4. The number of furan rings is 1. The van der Waals surface area contributed by atoms with Crippen LogP contribution in [-0.4, -0.2) is 11.5 Å². The molecule has 17 heavy (non-hydrogen) atoms. The van der Waals surface area contributed by atoms with E-state index in [9.17, 15) is 0 Å². The highest BCUT2D eigenvalue weighted by atomic mass is 16.3. The van der Waals surface area contributed by atoms with Crippen molar-refractivity contribution in [2.45, 2.75) is 6.42 Å². The van der Waals surface area contributed by atoms with Gasteiger partial charge in [-0.2, -0.15) is 0 Å². The molecule has 0 unspecified atom stereocenters. The Morgan fingerprint density at radius 2 is 2.06 bits per heavy atom. The van der Waals surface area contributed by atoms with Crippen LogP contribution in [0.2, 0.25) is 0 Å². The maximum absolute atomic E-state index is 5.22. The van der Waals surface area contributed by atoms with E-state index < -0.39 is 0 Å². The van der Waals surface area contributed by atoms with Gasteiger partial charge in [0, 0.05) is 29.7 Å². The van der Waals surface area contributed by atoms with Gasteiger partial charge in [-0.3, -0.25) is 0 Å². The van der Waals surface area contributed by atoms with Crippen molar-refractivity contribution in [3.05, 3.63) is 54.4 Å². The normalized spacial score (nSPS) is 10.8. The molecule has 0 bridgehead atoms. The Balaban J connectivity index is 1.69. The fraction of sp³-hybridized carbons (Fsp3) is 0.143. The first-order valence-electron chi connectivity index (χ1n) is 5.76. The Bertz CT molecular complexity index is 596. The summed E-state index contributed by atoms with van der Waals surface area (Å²) in [4.78, 5) is 3.28. The van der Waals surface area contributed by atoms with E-state index >= 15 is 0 Å². The zero-order chi connectivity index (χ0) is 11.5. The molecule has 3 heteroatoms. The lowest BCUT2D eigenvalue weighted by Crippen LogP contribution is -2.03. The van der Waals surface area contributed by atoms with Crippen molar-refractivity contribution in [1.29, 1.82) is 0 Å². The number of para-hydroxylation sites is 1. The molecule has 0 saturated carbocycles. The molecule has 1 aromatic carbocycles. The SMILES string of the molecule is c1coc(NCCc2c[nH]c3ccccc23)c1. The number of aromatic nitrogens is 1. The molecular formula is C14H14N2O. The molecule has 0 saturated heterocycles. The van der Waals surface area contributed by atoms with Gasteiger partial charge in [0.1, 0.15) is 0 Å². The van der Waals surface area contributed by atoms with E-state index in [1.165, 1.54) is 16.5 Å². The molecule has 2 heterocycles. The smallest absolute Gasteiger partial charge is 0.192 e. The summed E-state index contributed by atoms with van der Waals surface area (Å²) in [6, 6.07) is 12.2. The van der Waals surface area contributed by atoms with Gasteiger partial charge in [0.25, 0.3) is 0 Å². The summed E-state index contributed by atoms with van der Waals surface area (Å²) in [5, 5.41) is 4.55. The van der Waals surface area contributed by atoms with Gasteiger partial charge >= 0.3 is 0 Å². The number of hydrogen-bond donors (Lipinski definition) is 2. The molecule has 0 aliphatic carbocycles. The number of benzene rings is 1. The molecule has 0 spiro atoms. The van der Waals surface area contributed by atoms with Crippen LogP contribution < -0.4 is 5.32 Å². The first-order chi connectivity index (χ1) is 8.43. The summed E-state index contributed by atoms with van der Waals surface area (Å²) in [6.45, 7) is 0.870. The second-order valence-corrected chi connectivity index (χ2v) is 4.01. The number of hydrogen-bond acceptors (Lipinski definition) is 2. The fourth-order valence-electron chi connectivity index (χ4n) is 2.04. The molecule has 0 atom stereocenters. The lowest BCUT2D eigenvalue weighted by Gasteiger charge is -2.01. The van der Waals surface area contributed by atoms with Gasteiger partial charge in [0.15, 0.2) is 5.88 Å². The Morgan fingerprint density at radius 1 is 1.12 bits per heavy atom. The fourth-order valence-corrected chi connectivity index (χ4v) is 2.04. The van der Waals surface area contributed by atoms with Crippen molar-refractivity contribution in [3.63, 3.8) is 0 Å². The Kier molecular flexibility index (Phi) is 2.58. The predicted molar refractivity (Wildman–Crippen MR) is 69.2 cm³/mol. The molecule has 3 aromatic rings. The van der Waals surface area contributed by atoms with Gasteiger partial charge in [-0.25, -0.2) is 0 Å². The highest BCUT2D eigenvalue weighted by Crippen LogP contribution is 2.18. The highest BCUT2D eigenvalue weighted by Gasteiger charge is 2.02. The average molecular weight is 226 g/mol. The van der Waals surface area contributed by atoms with Gasteiger partial charge < -0.3 is 14.7 Å². The molecule has 86 valence electrons. The third-order valence-electron chi connectivity index (χ3n) is 2.89. The van der Waals surface area contributed by atoms with E-state index in [0.29, 0.717) is 0 Å². The lowest BCUT2D eigenvalue weighted by molar-refractivity contribution is 0.579. The number of nitrogens with one attached hydrogen (secondary N) is 2. The Labute approximate surface area is 99.5 Å². The van der Waals surface area contributed by atoms with Crippen LogP contribution >= 0.6 is 0 Å². The third kappa shape index (κ3) is 2.04. The molecular weight excluding hydrogens is 212 g/mol. The van der Waals surface area contributed by atoms with E-state index in [1.807, 2.05) is 18.2 Å². The van der Waals surface area contributed by atoms with Crippen LogP contribution in [0.15, 0.2) is 53.3 Å². The van der Waals surface area contributed by atoms with Crippen molar-refractivity contribution in [2.75, 3.05) is 11.9 Å². The zero-order valence-corrected chi connectivity index (χ0v) is 9.44. The molecule has 0 fully saturated rings. The second-order valence-electron chi connectivity index (χ2n) is 4.01. The van der Waals surface area contributed by atoms with Crippen LogP contribution in [0.3, 0.4) is 0 Å². The molecule has 0 amide bonds. The topological polar surface area (TPSA) is 41.0 Å². The summed E-state index contributed by atoms with van der Waals surface area (Å²) in [5.41, 5.74) is 2.53. The first kappa shape index (κ1) is 10.0. The zero-order valence-electron chi connectivity index (χ0n) is 9.44. The van der Waals surface area contributed by atoms with Gasteiger partial charge in [-0.15, -0.1) is 0 Å².